The molecule has 0 spiro atoms. The van der Waals surface area contributed by atoms with Gasteiger partial charge in [0.25, 0.3) is 0 Å². The second kappa shape index (κ2) is 6.26. The molecule has 5 heteroatoms. The first-order chi connectivity index (χ1) is 12.1. The van der Waals surface area contributed by atoms with Gasteiger partial charge in [-0.3, -0.25) is 4.79 Å². The molecule has 128 valence electrons. The fourth-order valence-electron chi connectivity index (χ4n) is 4.02. The van der Waals surface area contributed by atoms with Crippen LogP contribution in [0.1, 0.15) is 54.4 Å². The number of carbonyl (C=O) groups is 1. The van der Waals surface area contributed by atoms with Crippen molar-refractivity contribution in [2.45, 2.75) is 38.5 Å². The first-order valence-electron chi connectivity index (χ1n) is 8.67. The molecule has 4 rings (SSSR count). The molecule has 2 aromatic heterocycles. The molecule has 0 bridgehead atoms. The van der Waals surface area contributed by atoms with E-state index in [1.807, 2.05) is 19.2 Å². The summed E-state index contributed by atoms with van der Waals surface area (Å²) in [4.78, 5) is 20.7. The Hall–Kier alpha value is -2.20. The summed E-state index contributed by atoms with van der Waals surface area (Å²) in [6, 6.07) is 5.99. The summed E-state index contributed by atoms with van der Waals surface area (Å²) in [7, 11) is 2.03. The van der Waals surface area contributed by atoms with Crippen molar-refractivity contribution in [3.8, 4) is 11.5 Å². The van der Waals surface area contributed by atoms with Gasteiger partial charge in [-0.1, -0.05) is 36.6 Å². The number of rotatable bonds is 3. The van der Waals surface area contributed by atoms with E-state index in [-0.39, 0.29) is 5.78 Å². The van der Waals surface area contributed by atoms with E-state index in [2.05, 4.69) is 20.6 Å². The van der Waals surface area contributed by atoms with Gasteiger partial charge in [-0.25, -0.2) is 9.97 Å². The van der Waals surface area contributed by atoms with Crippen LogP contribution in [-0.4, -0.2) is 20.3 Å². The van der Waals surface area contributed by atoms with Gasteiger partial charge < -0.3 is 4.57 Å². The Morgan fingerprint density at radius 1 is 1.20 bits per heavy atom. The number of hydrogen-bond acceptors (Lipinski definition) is 3. The summed E-state index contributed by atoms with van der Waals surface area (Å²) in [6.45, 7) is 1.60. The number of ketones is 1. The van der Waals surface area contributed by atoms with Gasteiger partial charge in [0.2, 0.25) is 0 Å². The van der Waals surface area contributed by atoms with Crippen LogP contribution in [0.15, 0.2) is 30.6 Å². The number of nitrogens with zero attached hydrogens (tertiary/aromatic N) is 3. The molecule has 2 heterocycles. The lowest BCUT2D eigenvalue weighted by Gasteiger charge is -2.12. The van der Waals surface area contributed by atoms with Gasteiger partial charge in [0.1, 0.15) is 0 Å². The quantitative estimate of drug-likeness (QED) is 0.612. The van der Waals surface area contributed by atoms with Crippen molar-refractivity contribution in [1.82, 2.24) is 14.5 Å². The van der Waals surface area contributed by atoms with Crippen molar-refractivity contribution in [3.63, 3.8) is 0 Å². The highest BCUT2D eigenvalue weighted by atomic mass is 35.5. The predicted molar refractivity (Wildman–Crippen MR) is 100 cm³/mol. The van der Waals surface area contributed by atoms with Gasteiger partial charge in [-0.15, -0.1) is 0 Å². The summed E-state index contributed by atoms with van der Waals surface area (Å²) in [6.07, 6.45) is 8.17. The fraction of sp³-hybridized carbons (Fsp3) is 0.350. The number of benzene rings is 1. The molecule has 0 saturated heterocycles. The van der Waals surface area contributed by atoms with Crippen LogP contribution in [0.4, 0.5) is 0 Å². The van der Waals surface area contributed by atoms with E-state index in [1.54, 1.807) is 19.3 Å². The maximum absolute atomic E-state index is 11.8. The van der Waals surface area contributed by atoms with Crippen molar-refractivity contribution < 1.29 is 4.79 Å². The SMILES string of the molecule is CC(=O)c1ccc2c(C3CCCC3)c(-c3ncc(Cl)cn3)n(C)c2c1. The molecule has 1 fully saturated rings. The highest BCUT2D eigenvalue weighted by Crippen LogP contribution is 2.43. The summed E-state index contributed by atoms with van der Waals surface area (Å²) in [5.41, 5.74) is 4.14. The van der Waals surface area contributed by atoms with E-state index in [9.17, 15) is 4.79 Å². The Kier molecular flexibility index (Phi) is 4.08. The van der Waals surface area contributed by atoms with Crippen molar-refractivity contribution in [1.29, 1.82) is 0 Å². The first-order valence-corrected chi connectivity index (χ1v) is 9.05. The highest BCUT2D eigenvalue weighted by Gasteiger charge is 2.27. The zero-order valence-electron chi connectivity index (χ0n) is 14.4. The molecular weight excluding hydrogens is 334 g/mol. The van der Waals surface area contributed by atoms with Crippen LogP contribution in [0.2, 0.25) is 5.02 Å². The standard InChI is InChI=1S/C20H20ClN3O/c1-12(25)14-7-8-16-17(9-14)24(2)19(18(16)13-5-3-4-6-13)20-22-10-15(21)11-23-20/h7-11,13H,3-6H2,1-2H3. The minimum absolute atomic E-state index is 0.0785. The van der Waals surface area contributed by atoms with Crippen LogP contribution in [0.25, 0.3) is 22.4 Å². The first kappa shape index (κ1) is 16.3. The Morgan fingerprint density at radius 3 is 2.52 bits per heavy atom. The molecular formula is C20H20ClN3O. The maximum Gasteiger partial charge on any atom is 0.176 e. The molecule has 0 unspecified atom stereocenters. The number of halogens is 1. The number of aryl methyl sites for hydroxylation is 1. The third-order valence-corrected chi connectivity index (χ3v) is 5.44. The van der Waals surface area contributed by atoms with E-state index >= 15 is 0 Å². The molecule has 25 heavy (non-hydrogen) atoms. The number of hydrogen-bond donors (Lipinski definition) is 0. The highest BCUT2D eigenvalue weighted by molar-refractivity contribution is 6.30. The number of carbonyl (C=O) groups excluding carboxylic acids is 1. The normalized spacial score (nSPS) is 15.2. The molecule has 1 aliphatic carbocycles. The average molecular weight is 354 g/mol. The van der Waals surface area contributed by atoms with E-state index in [1.165, 1.54) is 36.6 Å². The molecule has 1 aromatic carbocycles. The van der Waals surface area contributed by atoms with Crippen molar-refractivity contribution >= 4 is 28.3 Å². The number of Topliss-reactive ketones (excluding diaryl/α,β-unsaturated/α-hetero) is 1. The second-order valence-electron chi connectivity index (χ2n) is 6.82. The summed E-state index contributed by atoms with van der Waals surface area (Å²) in [5.74, 6) is 1.28. The number of fused-ring (bicyclic) bond motifs is 1. The van der Waals surface area contributed by atoms with Gasteiger partial charge in [0.15, 0.2) is 11.6 Å². The summed E-state index contributed by atoms with van der Waals surface area (Å²) < 4.78 is 2.12. The van der Waals surface area contributed by atoms with Crippen LogP contribution in [-0.2, 0) is 7.05 Å². The van der Waals surface area contributed by atoms with E-state index in [0.29, 0.717) is 16.8 Å². The van der Waals surface area contributed by atoms with E-state index in [0.717, 1.165) is 16.8 Å². The third kappa shape index (κ3) is 2.74. The molecule has 1 aliphatic rings. The van der Waals surface area contributed by atoms with Gasteiger partial charge in [-0.05, 0) is 37.3 Å². The Balaban J connectivity index is 2.01. The summed E-state index contributed by atoms with van der Waals surface area (Å²) >= 11 is 5.97. The number of aromatic nitrogens is 3. The zero-order chi connectivity index (χ0) is 17.6. The van der Waals surface area contributed by atoms with Crippen molar-refractivity contribution in [3.05, 3.63) is 46.7 Å². The predicted octanol–water partition coefficient (Wildman–Crippen LogP) is 5.15. The lowest BCUT2D eigenvalue weighted by molar-refractivity contribution is 0.101. The average Bonchev–Trinajstić information content (AvgIpc) is 3.22. The largest absolute Gasteiger partial charge is 0.341 e. The zero-order valence-corrected chi connectivity index (χ0v) is 15.2. The van der Waals surface area contributed by atoms with Gasteiger partial charge in [-0.2, -0.15) is 0 Å². The van der Waals surface area contributed by atoms with Crippen LogP contribution in [0, 0.1) is 0 Å². The van der Waals surface area contributed by atoms with Gasteiger partial charge >= 0.3 is 0 Å². The maximum atomic E-state index is 11.8. The van der Waals surface area contributed by atoms with E-state index in [4.69, 9.17) is 11.6 Å². The molecule has 3 aromatic rings. The van der Waals surface area contributed by atoms with Gasteiger partial charge in [0.05, 0.1) is 10.7 Å². The van der Waals surface area contributed by atoms with Crippen molar-refractivity contribution in [2.24, 2.45) is 7.05 Å². The van der Waals surface area contributed by atoms with Crippen LogP contribution in [0.3, 0.4) is 0 Å². The Morgan fingerprint density at radius 2 is 1.88 bits per heavy atom. The monoisotopic (exact) mass is 353 g/mol. The Labute approximate surface area is 151 Å². The molecule has 0 amide bonds. The molecule has 0 aliphatic heterocycles. The lowest BCUT2D eigenvalue weighted by Crippen LogP contribution is -2.01. The minimum atomic E-state index is 0.0785. The fourth-order valence-corrected chi connectivity index (χ4v) is 4.11. The smallest absolute Gasteiger partial charge is 0.176 e. The Bertz CT molecular complexity index is 953. The molecule has 0 N–H and O–H groups in total. The van der Waals surface area contributed by atoms with Crippen LogP contribution < -0.4 is 0 Å². The molecule has 4 nitrogen and oxygen atoms in total. The molecule has 0 atom stereocenters. The van der Waals surface area contributed by atoms with Crippen LogP contribution in [0.5, 0.6) is 0 Å². The second-order valence-corrected chi connectivity index (χ2v) is 7.25. The summed E-state index contributed by atoms with van der Waals surface area (Å²) in [5, 5.41) is 1.73. The third-order valence-electron chi connectivity index (χ3n) is 5.24. The lowest BCUT2D eigenvalue weighted by atomic mass is 9.93. The van der Waals surface area contributed by atoms with E-state index < -0.39 is 0 Å². The minimum Gasteiger partial charge on any atom is -0.341 e. The molecule has 1 saturated carbocycles. The van der Waals surface area contributed by atoms with Crippen molar-refractivity contribution in [2.75, 3.05) is 0 Å². The van der Waals surface area contributed by atoms with Crippen LogP contribution >= 0.6 is 11.6 Å². The molecule has 0 radical (unpaired) electrons. The van der Waals surface area contributed by atoms with Gasteiger partial charge in [0, 0.05) is 35.9 Å². The topological polar surface area (TPSA) is 47.8 Å².